The summed E-state index contributed by atoms with van der Waals surface area (Å²) < 4.78 is 16.7. The number of rotatable bonds is 7. The number of piperazine rings is 1. The summed E-state index contributed by atoms with van der Waals surface area (Å²) in [5.74, 6) is 1.15. The average molecular weight is 485 g/mol. The summed E-state index contributed by atoms with van der Waals surface area (Å²) in [5.41, 5.74) is 2.79. The Morgan fingerprint density at radius 2 is 1.64 bits per heavy atom. The van der Waals surface area contributed by atoms with E-state index in [-0.39, 0.29) is 17.9 Å². The minimum Gasteiger partial charge on any atom is -0.497 e. The van der Waals surface area contributed by atoms with Crippen LogP contribution >= 0.6 is 0 Å². The Labute approximate surface area is 209 Å². The molecule has 0 radical (unpaired) electrons. The monoisotopic (exact) mass is 484 g/mol. The second-order valence-electron chi connectivity index (χ2n) is 8.80. The second-order valence-corrected chi connectivity index (χ2v) is 8.80. The lowest BCUT2D eigenvalue weighted by Gasteiger charge is -2.34. The lowest BCUT2D eigenvalue weighted by atomic mass is 10.1. The van der Waals surface area contributed by atoms with Crippen LogP contribution in [0.1, 0.15) is 5.56 Å². The molecule has 0 N–H and O–H groups in total. The maximum atomic E-state index is 13.0. The summed E-state index contributed by atoms with van der Waals surface area (Å²) in [6, 6.07) is 22.6. The van der Waals surface area contributed by atoms with E-state index < -0.39 is 0 Å². The Kier molecular flexibility index (Phi) is 7.00. The number of benzene rings is 3. The van der Waals surface area contributed by atoms with Gasteiger partial charge in [-0.25, -0.2) is 0 Å². The molecular formula is C29H28N2O5. The molecule has 7 heteroatoms. The largest absolute Gasteiger partial charge is 0.497 e. The third-order valence-electron chi connectivity index (χ3n) is 6.48. The summed E-state index contributed by atoms with van der Waals surface area (Å²) in [4.78, 5) is 29.9. The van der Waals surface area contributed by atoms with Crippen molar-refractivity contribution in [2.45, 2.75) is 6.54 Å². The van der Waals surface area contributed by atoms with Crippen molar-refractivity contribution in [3.8, 4) is 22.6 Å². The number of ether oxygens (including phenoxy) is 2. The van der Waals surface area contributed by atoms with Gasteiger partial charge in [-0.2, -0.15) is 0 Å². The van der Waals surface area contributed by atoms with Crippen molar-refractivity contribution in [1.82, 2.24) is 9.80 Å². The molecule has 0 unspecified atom stereocenters. The molecule has 0 aliphatic carbocycles. The van der Waals surface area contributed by atoms with Gasteiger partial charge in [0.2, 0.25) is 0 Å². The second kappa shape index (κ2) is 10.7. The number of amides is 1. The van der Waals surface area contributed by atoms with Crippen LogP contribution in [0.15, 0.2) is 88.3 Å². The summed E-state index contributed by atoms with van der Waals surface area (Å²) >= 11 is 0. The first-order valence-electron chi connectivity index (χ1n) is 12.0. The van der Waals surface area contributed by atoms with Gasteiger partial charge in [-0.1, -0.05) is 42.5 Å². The third-order valence-corrected chi connectivity index (χ3v) is 6.48. The van der Waals surface area contributed by atoms with Crippen molar-refractivity contribution in [1.29, 1.82) is 0 Å². The van der Waals surface area contributed by atoms with Gasteiger partial charge < -0.3 is 18.8 Å². The van der Waals surface area contributed by atoms with E-state index in [1.54, 1.807) is 37.4 Å². The number of carbonyl (C=O) groups is 1. The molecule has 0 atom stereocenters. The number of fused-ring (bicyclic) bond motifs is 1. The van der Waals surface area contributed by atoms with Crippen molar-refractivity contribution >= 4 is 16.9 Å². The number of nitrogens with zero attached hydrogens (tertiary/aromatic N) is 2. The van der Waals surface area contributed by atoms with Crippen LogP contribution in [-0.2, 0) is 11.3 Å². The Morgan fingerprint density at radius 1 is 0.917 bits per heavy atom. The summed E-state index contributed by atoms with van der Waals surface area (Å²) in [7, 11) is 1.60. The first kappa shape index (κ1) is 23.6. The van der Waals surface area contributed by atoms with Gasteiger partial charge in [-0.3, -0.25) is 14.5 Å². The van der Waals surface area contributed by atoms with Crippen LogP contribution in [0, 0.1) is 0 Å². The highest BCUT2D eigenvalue weighted by molar-refractivity contribution is 5.83. The fourth-order valence-electron chi connectivity index (χ4n) is 4.40. The van der Waals surface area contributed by atoms with Crippen molar-refractivity contribution in [2.75, 3.05) is 39.9 Å². The van der Waals surface area contributed by atoms with Gasteiger partial charge in [-0.15, -0.1) is 0 Å². The maximum absolute atomic E-state index is 13.0. The summed E-state index contributed by atoms with van der Waals surface area (Å²) in [6.45, 7) is 3.85. The minimum atomic E-state index is -0.127. The molecule has 1 aliphatic rings. The fourth-order valence-corrected chi connectivity index (χ4v) is 4.40. The average Bonchev–Trinajstić information content (AvgIpc) is 2.93. The first-order valence-corrected chi connectivity index (χ1v) is 12.0. The van der Waals surface area contributed by atoms with E-state index in [4.69, 9.17) is 13.9 Å². The van der Waals surface area contributed by atoms with Gasteiger partial charge in [0.05, 0.1) is 18.1 Å². The van der Waals surface area contributed by atoms with E-state index in [0.717, 1.165) is 25.2 Å². The van der Waals surface area contributed by atoms with Crippen molar-refractivity contribution in [3.05, 3.63) is 94.8 Å². The van der Waals surface area contributed by atoms with E-state index >= 15 is 0 Å². The number of carbonyl (C=O) groups excluding carboxylic acids is 1. The van der Waals surface area contributed by atoms with Crippen LogP contribution in [0.25, 0.3) is 22.1 Å². The predicted molar refractivity (Wildman–Crippen MR) is 138 cm³/mol. The molecule has 184 valence electrons. The Bertz CT molecular complexity index is 1390. The standard InChI is InChI=1S/C29H28N2O5/c1-34-23-9-7-22(8-10-23)26-19-36-27-17-24(11-12-25(27)29(26)33)35-20-28(32)31-15-13-30(14-16-31)18-21-5-3-2-4-6-21/h2-12,17,19H,13-16,18,20H2,1H3. The van der Waals surface area contributed by atoms with Crippen LogP contribution in [0.3, 0.4) is 0 Å². The lowest BCUT2D eigenvalue weighted by Crippen LogP contribution is -2.49. The molecule has 0 spiro atoms. The highest BCUT2D eigenvalue weighted by Gasteiger charge is 2.21. The van der Waals surface area contributed by atoms with Gasteiger partial charge in [0.1, 0.15) is 23.3 Å². The predicted octanol–water partition coefficient (Wildman–Crippen LogP) is 4.19. The van der Waals surface area contributed by atoms with Gasteiger partial charge >= 0.3 is 0 Å². The van der Waals surface area contributed by atoms with Crippen molar-refractivity contribution in [2.24, 2.45) is 0 Å². The van der Waals surface area contributed by atoms with Crippen LogP contribution in [0.4, 0.5) is 0 Å². The topological polar surface area (TPSA) is 72.2 Å². The molecule has 36 heavy (non-hydrogen) atoms. The third kappa shape index (κ3) is 5.26. The Morgan fingerprint density at radius 3 is 2.36 bits per heavy atom. The van der Waals surface area contributed by atoms with Gasteiger partial charge in [0.25, 0.3) is 5.91 Å². The molecule has 7 nitrogen and oxygen atoms in total. The zero-order valence-electron chi connectivity index (χ0n) is 20.2. The number of hydrogen-bond acceptors (Lipinski definition) is 6. The molecule has 2 heterocycles. The van der Waals surface area contributed by atoms with Gasteiger partial charge in [-0.05, 0) is 35.4 Å². The maximum Gasteiger partial charge on any atom is 0.260 e. The molecule has 1 fully saturated rings. The van der Waals surface area contributed by atoms with Crippen LogP contribution < -0.4 is 14.9 Å². The molecule has 1 aromatic heterocycles. The van der Waals surface area contributed by atoms with E-state index in [1.165, 1.54) is 11.8 Å². The molecule has 5 rings (SSSR count). The normalized spacial score (nSPS) is 14.1. The van der Waals surface area contributed by atoms with Gasteiger partial charge in [0, 0.05) is 38.8 Å². The van der Waals surface area contributed by atoms with Crippen molar-refractivity contribution in [3.63, 3.8) is 0 Å². The highest BCUT2D eigenvalue weighted by Crippen LogP contribution is 2.24. The molecule has 1 aliphatic heterocycles. The number of hydrogen-bond donors (Lipinski definition) is 0. The lowest BCUT2D eigenvalue weighted by molar-refractivity contribution is -0.135. The SMILES string of the molecule is COc1ccc(-c2coc3cc(OCC(=O)N4CCN(Cc5ccccc5)CC4)ccc3c2=O)cc1. The first-order chi connectivity index (χ1) is 17.6. The quantitative estimate of drug-likeness (QED) is 0.392. The van der Waals surface area contributed by atoms with E-state index in [0.29, 0.717) is 41.1 Å². The zero-order valence-corrected chi connectivity index (χ0v) is 20.2. The smallest absolute Gasteiger partial charge is 0.260 e. The highest BCUT2D eigenvalue weighted by atomic mass is 16.5. The summed E-state index contributed by atoms with van der Waals surface area (Å²) in [5, 5.41) is 0.455. The molecule has 0 saturated carbocycles. The van der Waals surface area contributed by atoms with E-state index in [9.17, 15) is 9.59 Å². The minimum absolute atomic E-state index is 0.0502. The van der Waals surface area contributed by atoms with Crippen LogP contribution in [-0.4, -0.2) is 55.6 Å². The van der Waals surface area contributed by atoms with Gasteiger partial charge in [0.15, 0.2) is 12.0 Å². The zero-order chi connectivity index (χ0) is 24.9. The number of methoxy groups -OCH3 is 1. The molecule has 4 aromatic rings. The Balaban J connectivity index is 1.18. The van der Waals surface area contributed by atoms with Crippen LogP contribution in [0.5, 0.6) is 11.5 Å². The van der Waals surface area contributed by atoms with Crippen molar-refractivity contribution < 1.29 is 18.7 Å². The van der Waals surface area contributed by atoms with E-state index in [2.05, 4.69) is 17.0 Å². The Hall–Kier alpha value is -4.10. The molecule has 3 aromatic carbocycles. The molecule has 1 saturated heterocycles. The fraction of sp³-hybridized carbons (Fsp3) is 0.241. The summed E-state index contributed by atoms with van der Waals surface area (Å²) in [6.07, 6.45) is 1.45. The molecular weight excluding hydrogens is 456 g/mol. The van der Waals surface area contributed by atoms with Crippen LogP contribution in [0.2, 0.25) is 0 Å². The molecule has 1 amide bonds. The van der Waals surface area contributed by atoms with E-state index in [1.807, 2.05) is 35.2 Å². The molecule has 0 bridgehead atoms.